The average molecular weight is 277 g/mol. The molecule has 0 aliphatic heterocycles. The molecule has 5 heteroatoms. The van der Waals surface area contributed by atoms with Gasteiger partial charge in [0.2, 0.25) is 0 Å². The number of hydrogen-bond donors (Lipinski definition) is 2. The Morgan fingerprint density at radius 2 is 2.15 bits per heavy atom. The standard InChI is InChI=1S/C15H20FN3O/c1-9(2)7-11(17)15-18-8-12(19-15)14-10(16)5-4-6-13(14)20-3/h4-6,8-9,11H,7,17H2,1-3H3,(H,18,19). The van der Waals surface area contributed by atoms with Gasteiger partial charge in [-0.1, -0.05) is 19.9 Å². The van der Waals surface area contributed by atoms with Gasteiger partial charge in [0.1, 0.15) is 17.4 Å². The molecule has 0 aliphatic carbocycles. The quantitative estimate of drug-likeness (QED) is 0.881. The first-order valence-electron chi connectivity index (χ1n) is 6.66. The third-order valence-electron chi connectivity index (χ3n) is 3.14. The summed E-state index contributed by atoms with van der Waals surface area (Å²) in [5.74, 6) is 1.26. The molecule has 0 bridgehead atoms. The molecule has 0 aliphatic rings. The van der Waals surface area contributed by atoms with Gasteiger partial charge in [0.05, 0.1) is 30.6 Å². The van der Waals surface area contributed by atoms with E-state index in [4.69, 9.17) is 10.5 Å². The number of rotatable bonds is 5. The van der Waals surface area contributed by atoms with Crippen molar-refractivity contribution in [3.8, 4) is 17.0 Å². The van der Waals surface area contributed by atoms with Crippen molar-refractivity contribution in [2.75, 3.05) is 7.11 Å². The molecule has 0 spiro atoms. The van der Waals surface area contributed by atoms with Crippen LogP contribution < -0.4 is 10.5 Å². The van der Waals surface area contributed by atoms with Crippen molar-refractivity contribution < 1.29 is 9.13 Å². The second-order valence-electron chi connectivity index (χ2n) is 5.24. The molecule has 1 unspecified atom stereocenters. The van der Waals surface area contributed by atoms with Crippen LogP contribution in [0.2, 0.25) is 0 Å². The van der Waals surface area contributed by atoms with Gasteiger partial charge in [-0.15, -0.1) is 0 Å². The first kappa shape index (κ1) is 14.5. The highest BCUT2D eigenvalue weighted by molar-refractivity contribution is 5.67. The van der Waals surface area contributed by atoms with Crippen LogP contribution in [0.3, 0.4) is 0 Å². The number of halogens is 1. The highest BCUT2D eigenvalue weighted by atomic mass is 19.1. The zero-order chi connectivity index (χ0) is 14.7. The molecule has 1 aromatic carbocycles. The number of ether oxygens (including phenoxy) is 1. The van der Waals surface area contributed by atoms with Crippen molar-refractivity contribution in [3.05, 3.63) is 36.0 Å². The number of nitrogens with zero attached hydrogens (tertiary/aromatic N) is 1. The topological polar surface area (TPSA) is 63.9 Å². The second-order valence-corrected chi connectivity index (χ2v) is 5.24. The van der Waals surface area contributed by atoms with E-state index < -0.39 is 0 Å². The lowest BCUT2D eigenvalue weighted by Crippen LogP contribution is -2.14. The molecule has 3 N–H and O–H groups in total. The molecule has 2 rings (SSSR count). The Balaban J connectivity index is 2.34. The lowest BCUT2D eigenvalue weighted by molar-refractivity contribution is 0.413. The van der Waals surface area contributed by atoms with Gasteiger partial charge in [-0.2, -0.15) is 0 Å². The summed E-state index contributed by atoms with van der Waals surface area (Å²) in [6.45, 7) is 4.20. The minimum absolute atomic E-state index is 0.179. The van der Waals surface area contributed by atoms with Crippen molar-refractivity contribution in [2.45, 2.75) is 26.3 Å². The normalized spacial score (nSPS) is 12.7. The van der Waals surface area contributed by atoms with Gasteiger partial charge in [-0.25, -0.2) is 9.37 Å². The van der Waals surface area contributed by atoms with E-state index in [2.05, 4.69) is 23.8 Å². The summed E-state index contributed by atoms with van der Waals surface area (Å²) >= 11 is 0. The Morgan fingerprint density at radius 1 is 1.40 bits per heavy atom. The van der Waals surface area contributed by atoms with E-state index in [1.54, 1.807) is 18.3 Å². The van der Waals surface area contributed by atoms with Crippen LogP contribution >= 0.6 is 0 Å². The van der Waals surface area contributed by atoms with Gasteiger partial charge in [-0.3, -0.25) is 0 Å². The van der Waals surface area contributed by atoms with Crippen LogP contribution in [0, 0.1) is 11.7 Å². The summed E-state index contributed by atoms with van der Waals surface area (Å²) in [4.78, 5) is 7.35. The van der Waals surface area contributed by atoms with Gasteiger partial charge in [0.15, 0.2) is 0 Å². The number of methoxy groups -OCH3 is 1. The Kier molecular flexibility index (Phi) is 4.39. The first-order chi connectivity index (χ1) is 9.52. The summed E-state index contributed by atoms with van der Waals surface area (Å²) < 4.78 is 19.2. The number of aromatic nitrogens is 2. The maximum Gasteiger partial charge on any atom is 0.136 e. The minimum atomic E-state index is -0.350. The van der Waals surface area contributed by atoms with Crippen LogP contribution in [0.15, 0.2) is 24.4 Å². The van der Waals surface area contributed by atoms with E-state index in [1.165, 1.54) is 13.2 Å². The number of benzene rings is 1. The van der Waals surface area contributed by atoms with Crippen molar-refractivity contribution in [3.63, 3.8) is 0 Å². The molecule has 1 heterocycles. The number of imidazole rings is 1. The second kappa shape index (κ2) is 6.05. The minimum Gasteiger partial charge on any atom is -0.496 e. The third kappa shape index (κ3) is 2.99. The highest BCUT2D eigenvalue weighted by Crippen LogP contribution is 2.32. The fraction of sp³-hybridized carbons (Fsp3) is 0.400. The molecule has 0 saturated carbocycles. The van der Waals surface area contributed by atoms with E-state index in [1.807, 2.05) is 0 Å². The number of H-pyrrole nitrogens is 1. The Morgan fingerprint density at radius 3 is 2.80 bits per heavy atom. The molecular weight excluding hydrogens is 257 g/mol. The molecule has 0 saturated heterocycles. The fourth-order valence-electron chi connectivity index (χ4n) is 2.21. The first-order valence-corrected chi connectivity index (χ1v) is 6.66. The van der Waals surface area contributed by atoms with E-state index in [-0.39, 0.29) is 11.9 Å². The Hall–Kier alpha value is -1.88. The number of nitrogens with one attached hydrogen (secondary N) is 1. The van der Waals surface area contributed by atoms with E-state index >= 15 is 0 Å². The zero-order valence-corrected chi connectivity index (χ0v) is 12.0. The Bertz CT molecular complexity index is 580. The van der Waals surface area contributed by atoms with E-state index in [0.717, 1.165) is 6.42 Å². The van der Waals surface area contributed by atoms with Gasteiger partial charge in [0, 0.05) is 0 Å². The monoisotopic (exact) mass is 277 g/mol. The van der Waals surface area contributed by atoms with Crippen LogP contribution in [-0.2, 0) is 0 Å². The molecule has 20 heavy (non-hydrogen) atoms. The number of nitrogens with two attached hydrogens (primary N) is 1. The van der Waals surface area contributed by atoms with Crippen LogP contribution in [0.5, 0.6) is 5.75 Å². The third-order valence-corrected chi connectivity index (χ3v) is 3.14. The van der Waals surface area contributed by atoms with E-state index in [9.17, 15) is 4.39 Å². The summed E-state index contributed by atoms with van der Waals surface area (Å²) in [6, 6.07) is 4.54. The maximum atomic E-state index is 14.0. The molecule has 1 aromatic heterocycles. The summed E-state index contributed by atoms with van der Waals surface area (Å²) in [5.41, 5.74) is 7.04. The van der Waals surface area contributed by atoms with Gasteiger partial charge < -0.3 is 15.5 Å². The smallest absolute Gasteiger partial charge is 0.136 e. The van der Waals surface area contributed by atoms with Crippen molar-refractivity contribution in [1.29, 1.82) is 0 Å². The fourth-order valence-corrected chi connectivity index (χ4v) is 2.21. The van der Waals surface area contributed by atoms with Crippen molar-refractivity contribution in [1.82, 2.24) is 9.97 Å². The number of hydrogen-bond acceptors (Lipinski definition) is 3. The molecule has 0 amide bonds. The zero-order valence-electron chi connectivity index (χ0n) is 12.0. The Labute approximate surface area is 118 Å². The maximum absolute atomic E-state index is 14.0. The SMILES string of the molecule is COc1cccc(F)c1-c1cnc(C(N)CC(C)C)[nH]1. The highest BCUT2D eigenvalue weighted by Gasteiger charge is 2.17. The van der Waals surface area contributed by atoms with E-state index in [0.29, 0.717) is 28.7 Å². The molecule has 1 atom stereocenters. The van der Waals surface area contributed by atoms with Gasteiger partial charge in [0.25, 0.3) is 0 Å². The van der Waals surface area contributed by atoms with Crippen LogP contribution in [0.4, 0.5) is 4.39 Å². The van der Waals surface area contributed by atoms with Crippen LogP contribution in [-0.4, -0.2) is 17.1 Å². The van der Waals surface area contributed by atoms with Crippen molar-refractivity contribution >= 4 is 0 Å². The summed E-state index contributed by atoms with van der Waals surface area (Å²) in [7, 11) is 1.51. The molecule has 0 fully saturated rings. The van der Waals surface area contributed by atoms with Crippen molar-refractivity contribution in [2.24, 2.45) is 11.7 Å². The average Bonchev–Trinajstić information content (AvgIpc) is 2.86. The predicted molar refractivity (Wildman–Crippen MR) is 76.9 cm³/mol. The van der Waals surface area contributed by atoms with Crippen LogP contribution in [0.25, 0.3) is 11.3 Å². The van der Waals surface area contributed by atoms with Gasteiger partial charge in [-0.05, 0) is 24.5 Å². The van der Waals surface area contributed by atoms with Gasteiger partial charge >= 0.3 is 0 Å². The van der Waals surface area contributed by atoms with Crippen LogP contribution in [0.1, 0.15) is 32.1 Å². The summed E-state index contributed by atoms with van der Waals surface area (Å²) in [5, 5.41) is 0. The lowest BCUT2D eigenvalue weighted by atomic mass is 10.0. The largest absolute Gasteiger partial charge is 0.496 e. The lowest BCUT2D eigenvalue weighted by Gasteiger charge is -2.11. The predicted octanol–water partition coefficient (Wildman–Crippen LogP) is 3.27. The molecule has 108 valence electrons. The summed E-state index contributed by atoms with van der Waals surface area (Å²) in [6.07, 6.45) is 2.41. The molecular formula is C15H20FN3O. The number of aromatic amines is 1. The molecule has 2 aromatic rings. The molecule has 0 radical (unpaired) electrons. The molecule has 4 nitrogen and oxygen atoms in total.